The molecule has 4 rings (SSSR count). The molecule has 1 aliphatic rings. The predicted molar refractivity (Wildman–Crippen MR) is 126 cm³/mol. The first-order valence-corrected chi connectivity index (χ1v) is 11.4. The van der Waals surface area contributed by atoms with Crippen LogP contribution in [0.5, 0.6) is 0 Å². The van der Waals surface area contributed by atoms with E-state index in [2.05, 4.69) is 20.6 Å². The van der Waals surface area contributed by atoms with Gasteiger partial charge in [0.05, 0.1) is 46.7 Å². The zero-order valence-corrected chi connectivity index (χ0v) is 19.3. The average molecular weight is 454 g/mol. The van der Waals surface area contributed by atoms with Crippen molar-refractivity contribution < 1.29 is 14.3 Å². The maximum absolute atomic E-state index is 12.9. The van der Waals surface area contributed by atoms with Crippen LogP contribution in [-0.4, -0.2) is 54.4 Å². The lowest BCUT2D eigenvalue weighted by molar-refractivity contribution is -0.115. The smallest absolute Gasteiger partial charge is 0.261 e. The Kier molecular flexibility index (Phi) is 6.57. The van der Waals surface area contributed by atoms with E-state index in [4.69, 9.17) is 4.74 Å². The number of amides is 2. The molecule has 3 aromatic rings. The van der Waals surface area contributed by atoms with Gasteiger partial charge in [-0.2, -0.15) is 5.10 Å². The molecule has 0 spiro atoms. The summed E-state index contributed by atoms with van der Waals surface area (Å²) >= 11 is 1.45. The predicted octanol–water partition coefficient (Wildman–Crippen LogP) is 2.97. The van der Waals surface area contributed by atoms with Gasteiger partial charge in [0.1, 0.15) is 0 Å². The van der Waals surface area contributed by atoms with E-state index in [0.29, 0.717) is 23.8 Å². The Labute approximate surface area is 191 Å². The third-order valence-electron chi connectivity index (χ3n) is 5.50. The topological polar surface area (TPSA) is 88.5 Å². The van der Waals surface area contributed by atoms with Crippen molar-refractivity contribution in [2.24, 2.45) is 7.05 Å². The molecule has 8 nitrogen and oxygen atoms in total. The Morgan fingerprint density at radius 2 is 1.88 bits per heavy atom. The molecular formula is C23H27N5O3S. The van der Waals surface area contributed by atoms with Crippen LogP contribution in [0.4, 0.5) is 10.7 Å². The fraction of sp³-hybridized carbons (Fsp3) is 0.348. The number of anilines is 2. The van der Waals surface area contributed by atoms with E-state index in [-0.39, 0.29) is 18.4 Å². The van der Waals surface area contributed by atoms with Crippen LogP contribution in [0.25, 0.3) is 11.1 Å². The molecule has 0 atom stereocenters. The number of rotatable bonds is 6. The highest BCUT2D eigenvalue weighted by Gasteiger charge is 2.22. The van der Waals surface area contributed by atoms with Gasteiger partial charge in [0.25, 0.3) is 5.91 Å². The number of benzene rings is 1. The second-order valence-corrected chi connectivity index (χ2v) is 8.73. The van der Waals surface area contributed by atoms with Crippen LogP contribution in [0.15, 0.2) is 36.4 Å². The van der Waals surface area contributed by atoms with Gasteiger partial charge in [0.2, 0.25) is 5.91 Å². The molecular weight excluding hydrogens is 426 g/mol. The second kappa shape index (κ2) is 9.54. The molecule has 1 fully saturated rings. The van der Waals surface area contributed by atoms with E-state index in [0.717, 1.165) is 40.6 Å². The zero-order chi connectivity index (χ0) is 22.7. The Bertz CT molecular complexity index is 1120. The van der Waals surface area contributed by atoms with Gasteiger partial charge in [-0.25, -0.2) is 0 Å². The van der Waals surface area contributed by atoms with E-state index >= 15 is 0 Å². The molecule has 0 aliphatic carbocycles. The van der Waals surface area contributed by atoms with E-state index < -0.39 is 0 Å². The summed E-state index contributed by atoms with van der Waals surface area (Å²) in [6.45, 7) is 6.52. The molecule has 2 aromatic heterocycles. The minimum Gasteiger partial charge on any atom is -0.378 e. The molecule has 1 aliphatic heterocycles. The second-order valence-electron chi connectivity index (χ2n) is 7.70. The number of ether oxygens (including phenoxy) is 1. The molecule has 0 unspecified atom stereocenters. The van der Waals surface area contributed by atoms with E-state index in [1.54, 1.807) is 4.68 Å². The van der Waals surface area contributed by atoms with Crippen LogP contribution < -0.4 is 15.5 Å². The third kappa shape index (κ3) is 4.68. The monoisotopic (exact) mass is 453 g/mol. The minimum absolute atomic E-state index is 0.113. The molecule has 2 amide bonds. The molecule has 2 N–H and O–H groups in total. The summed E-state index contributed by atoms with van der Waals surface area (Å²) < 4.78 is 7.20. The molecule has 0 saturated carbocycles. The van der Waals surface area contributed by atoms with Crippen LogP contribution in [0.3, 0.4) is 0 Å². The molecule has 0 bridgehead atoms. The Hall–Kier alpha value is -3.17. The minimum atomic E-state index is -0.286. The van der Waals surface area contributed by atoms with Gasteiger partial charge < -0.3 is 20.3 Å². The first kappa shape index (κ1) is 22.0. The number of nitrogens with one attached hydrogen (secondary N) is 2. The van der Waals surface area contributed by atoms with Gasteiger partial charge in [-0.05, 0) is 25.5 Å². The molecule has 0 radical (unpaired) electrons. The van der Waals surface area contributed by atoms with Crippen LogP contribution in [0.1, 0.15) is 21.1 Å². The van der Waals surface area contributed by atoms with Gasteiger partial charge in [-0.15, -0.1) is 11.3 Å². The maximum Gasteiger partial charge on any atom is 0.261 e. The van der Waals surface area contributed by atoms with Gasteiger partial charge in [0, 0.05) is 25.7 Å². The number of hydrogen-bond acceptors (Lipinski definition) is 6. The summed E-state index contributed by atoms with van der Waals surface area (Å²) in [4.78, 5) is 28.1. The number of carbonyl (C=O) groups excluding carboxylic acids is 2. The van der Waals surface area contributed by atoms with Crippen LogP contribution in [-0.2, 0) is 16.6 Å². The fourth-order valence-corrected chi connectivity index (χ4v) is 4.85. The number of nitrogens with zero attached hydrogens (tertiary/aromatic N) is 3. The number of carbonyl (C=O) groups is 2. The number of aryl methyl sites for hydroxylation is 2. The standard InChI is InChI=1S/C23H27N5O3S/c1-15-21(16(2)27(3)26-15)25-20(29)14-24-22(30)19-13-18(17-7-5-4-6-8-17)23(32-19)28-9-11-31-12-10-28/h4-8,13H,9-12,14H2,1-3H3,(H,24,30)(H,25,29). The summed E-state index contributed by atoms with van der Waals surface area (Å²) in [5.41, 5.74) is 4.37. The first-order chi connectivity index (χ1) is 15.4. The summed E-state index contributed by atoms with van der Waals surface area (Å²) in [5.74, 6) is -0.549. The molecule has 168 valence electrons. The van der Waals surface area contributed by atoms with Gasteiger partial charge in [-0.3, -0.25) is 14.3 Å². The van der Waals surface area contributed by atoms with Crippen LogP contribution in [0, 0.1) is 13.8 Å². The lowest BCUT2D eigenvalue weighted by Crippen LogP contribution is -2.36. The maximum atomic E-state index is 12.9. The van der Waals surface area contributed by atoms with Crippen LogP contribution in [0.2, 0.25) is 0 Å². The van der Waals surface area contributed by atoms with Crippen molar-refractivity contribution >= 4 is 33.8 Å². The number of aromatic nitrogens is 2. The highest BCUT2D eigenvalue weighted by Crippen LogP contribution is 2.39. The Morgan fingerprint density at radius 1 is 1.16 bits per heavy atom. The Balaban J connectivity index is 1.48. The quantitative estimate of drug-likeness (QED) is 0.599. The largest absolute Gasteiger partial charge is 0.378 e. The molecule has 32 heavy (non-hydrogen) atoms. The highest BCUT2D eigenvalue weighted by atomic mass is 32.1. The van der Waals surface area contributed by atoms with Gasteiger partial charge >= 0.3 is 0 Å². The van der Waals surface area contributed by atoms with Crippen molar-refractivity contribution in [1.82, 2.24) is 15.1 Å². The zero-order valence-electron chi connectivity index (χ0n) is 18.5. The lowest BCUT2D eigenvalue weighted by Gasteiger charge is -2.28. The van der Waals surface area contributed by atoms with Gasteiger partial charge in [0.15, 0.2) is 0 Å². The molecule has 1 saturated heterocycles. The Morgan fingerprint density at radius 3 is 2.53 bits per heavy atom. The summed E-state index contributed by atoms with van der Waals surface area (Å²) in [6, 6.07) is 11.9. The normalized spacial score (nSPS) is 13.8. The lowest BCUT2D eigenvalue weighted by atomic mass is 10.1. The van der Waals surface area contributed by atoms with Crippen molar-refractivity contribution in [3.8, 4) is 11.1 Å². The van der Waals surface area contributed by atoms with E-state index in [9.17, 15) is 9.59 Å². The van der Waals surface area contributed by atoms with Crippen molar-refractivity contribution in [1.29, 1.82) is 0 Å². The average Bonchev–Trinajstić information content (AvgIpc) is 3.36. The number of hydrogen-bond donors (Lipinski definition) is 2. The van der Waals surface area contributed by atoms with E-state index in [1.807, 2.05) is 57.3 Å². The summed E-state index contributed by atoms with van der Waals surface area (Å²) in [5, 5.41) is 10.9. The summed E-state index contributed by atoms with van der Waals surface area (Å²) in [7, 11) is 1.83. The summed E-state index contributed by atoms with van der Waals surface area (Å²) in [6.07, 6.45) is 0. The number of morpholine rings is 1. The van der Waals surface area contributed by atoms with Gasteiger partial charge in [-0.1, -0.05) is 30.3 Å². The molecule has 9 heteroatoms. The third-order valence-corrected chi connectivity index (χ3v) is 6.70. The van der Waals surface area contributed by atoms with Crippen molar-refractivity contribution in [2.45, 2.75) is 13.8 Å². The first-order valence-electron chi connectivity index (χ1n) is 10.5. The van der Waals surface area contributed by atoms with Crippen molar-refractivity contribution in [2.75, 3.05) is 43.1 Å². The van der Waals surface area contributed by atoms with Crippen LogP contribution >= 0.6 is 11.3 Å². The van der Waals surface area contributed by atoms with Crippen molar-refractivity contribution in [3.63, 3.8) is 0 Å². The SMILES string of the molecule is Cc1nn(C)c(C)c1NC(=O)CNC(=O)c1cc(-c2ccccc2)c(N2CCOCC2)s1. The fourth-order valence-electron chi connectivity index (χ4n) is 3.70. The number of thiophene rings is 1. The highest BCUT2D eigenvalue weighted by molar-refractivity contribution is 7.18. The van der Waals surface area contributed by atoms with Crippen molar-refractivity contribution in [3.05, 3.63) is 52.7 Å². The molecule has 3 heterocycles. The van der Waals surface area contributed by atoms with E-state index in [1.165, 1.54) is 11.3 Å². The molecule has 1 aromatic carbocycles.